The standard InChI is InChI=1S/C21H18ClN5O2/c1-13-4-3-5-14(10-13)11-23-20(28)18-17-19(21(29)26(2)12-24-17)27(25-18)16-8-6-15(22)7-9-16/h3-10,12H,11H2,1-2H3,(H,23,28). The lowest BCUT2D eigenvalue weighted by molar-refractivity contribution is 0.0947. The number of hydrogen-bond acceptors (Lipinski definition) is 4. The molecule has 4 rings (SSSR count). The molecule has 0 spiro atoms. The number of carbonyl (C=O) groups excluding carboxylic acids is 1. The van der Waals surface area contributed by atoms with E-state index in [1.165, 1.54) is 15.6 Å². The van der Waals surface area contributed by atoms with Gasteiger partial charge in [0, 0.05) is 18.6 Å². The van der Waals surface area contributed by atoms with Crippen LogP contribution in [0.3, 0.4) is 0 Å². The Bertz CT molecular complexity index is 1270. The van der Waals surface area contributed by atoms with E-state index < -0.39 is 5.91 Å². The molecule has 1 amide bonds. The molecule has 8 heteroatoms. The van der Waals surface area contributed by atoms with E-state index in [2.05, 4.69) is 15.4 Å². The van der Waals surface area contributed by atoms with Gasteiger partial charge in [-0.15, -0.1) is 0 Å². The zero-order valence-corrected chi connectivity index (χ0v) is 16.6. The van der Waals surface area contributed by atoms with Crippen LogP contribution in [0.2, 0.25) is 5.02 Å². The second kappa shape index (κ2) is 7.52. The van der Waals surface area contributed by atoms with Crippen molar-refractivity contribution in [2.75, 3.05) is 0 Å². The summed E-state index contributed by atoms with van der Waals surface area (Å²) in [7, 11) is 1.60. The van der Waals surface area contributed by atoms with Crippen LogP contribution in [0, 0.1) is 6.92 Å². The van der Waals surface area contributed by atoms with Gasteiger partial charge in [0.25, 0.3) is 11.5 Å². The second-order valence-electron chi connectivity index (χ2n) is 6.77. The zero-order chi connectivity index (χ0) is 20.5. The summed E-state index contributed by atoms with van der Waals surface area (Å²) >= 11 is 5.97. The normalized spacial score (nSPS) is 11.0. The van der Waals surface area contributed by atoms with Crippen molar-refractivity contribution in [2.45, 2.75) is 13.5 Å². The number of nitrogens with one attached hydrogen (secondary N) is 1. The molecule has 0 fully saturated rings. The molecule has 0 radical (unpaired) electrons. The second-order valence-corrected chi connectivity index (χ2v) is 7.20. The molecule has 0 saturated heterocycles. The van der Waals surface area contributed by atoms with E-state index in [0.717, 1.165) is 11.1 Å². The highest BCUT2D eigenvalue weighted by molar-refractivity contribution is 6.30. The number of halogens is 1. The van der Waals surface area contributed by atoms with Crippen LogP contribution in [0.1, 0.15) is 21.6 Å². The van der Waals surface area contributed by atoms with Crippen molar-refractivity contribution in [2.24, 2.45) is 7.05 Å². The highest BCUT2D eigenvalue weighted by Gasteiger charge is 2.22. The van der Waals surface area contributed by atoms with E-state index in [1.807, 2.05) is 31.2 Å². The van der Waals surface area contributed by atoms with Crippen molar-refractivity contribution in [3.8, 4) is 5.69 Å². The average Bonchev–Trinajstić information content (AvgIpc) is 3.10. The largest absolute Gasteiger partial charge is 0.346 e. The molecular weight excluding hydrogens is 390 g/mol. The summed E-state index contributed by atoms with van der Waals surface area (Å²) in [4.78, 5) is 29.9. The minimum Gasteiger partial charge on any atom is -0.346 e. The highest BCUT2D eigenvalue weighted by Crippen LogP contribution is 2.19. The van der Waals surface area contributed by atoms with E-state index in [-0.39, 0.29) is 22.3 Å². The molecule has 146 valence electrons. The lowest BCUT2D eigenvalue weighted by atomic mass is 10.1. The maximum absolute atomic E-state index is 12.9. The van der Waals surface area contributed by atoms with E-state index in [0.29, 0.717) is 17.3 Å². The molecule has 0 unspecified atom stereocenters. The first-order valence-corrected chi connectivity index (χ1v) is 9.36. The highest BCUT2D eigenvalue weighted by atomic mass is 35.5. The average molecular weight is 408 g/mol. The van der Waals surface area contributed by atoms with E-state index in [9.17, 15) is 9.59 Å². The van der Waals surface area contributed by atoms with E-state index >= 15 is 0 Å². The monoisotopic (exact) mass is 407 g/mol. The molecule has 2 heterocycles. The fourth-order valence-corrected chi connectivity index (χ4v) is 3.22. The van der Waals surface area contributed by atoms with Gasteiger partial charge >= 0.3 is 0 Å². The van der Waals surface area contributed by atoms with Gasteiger partial charge in [0.2, 0.25) is 0 Å². The number of rotatable bonds is 4. The summed E-state index contributed by atoms with van der Waals surface area (Å²) in [6.45, 7) is 2.34. The topological polar surface area (TPSA) is 81.8 Å². The molecule has 0 atom stereocenters. The molecule has 2 aromatic carbocycles. The third-order valence-electron chi connectivity index (χ3n) is 4.57. The number of nitrogens with zero attached hydrogens (tertiary/aromatic N) is 4. The SMILES string of the molecule is Cc1cccc(CNC(=O)c2nn(-c3ccc(Cl)cc3)c3c(=O)n(C)cnc23)c1. The lowest BCUT2D eigenvalue weighted by Crippen LogP contribution is -2.24. The zero-order valence-electron chi connectivity index (χ0n) is 15.9. The van der Waals surface area contributed by atoms with Crippen LogP contribution in [0.5, 0.6) is 0 Å². The van der Waals surface area contributed by atoms with Crippen LogP contribution < -0.4 is 10.9 Å². The van der Waals surface area contributed by atoms with Crippen molar-refractivity contribution in [3.05, 3.63) is 87.1 Å². The van der Waals surface area contributed by atoms with Crippen LogP contribution in [0.4, 0.5) is 0 Å². The predicted octanol–water partition coefficient (Wildman–Crippen LogP) is 3.01. The van der Waals surface area contributed by atoms with Gasteiger partial charge in [0.05, 0.1) is 12.0 Å². The van der Waals surface area contributed by atoms with Crippen molar-refractivity contribution in [3.63, 3.8) is 0 Å². The van der Waals surface area contributed by atoms with E-state index in [4.69, 9.17) is 11.6 Å². The van der Waals surface area contributed by atoms with Gasteiger partial charge in [0.1, 0.15) is 5.52 Å². The molecule has 0 aliphatic rings. The third kappa shape index (κ3) is 3.64. The van der Waals surface area contributed by atoms with Gasteiger partial charge in [-0.05, 0) is 36.8 Å². The Kier molecular flexibility index (Phi) is 4.90. The summed E-state index contributed by atoms with van der Waals surface area (Å²) in [5.74, 6) is -0.398. The lowest BCUT2D eigenvalue weighted by Gasteiger charge is -2.04. The fourth-order valence-electron chi connectivity index (χ4n) is 3.10. The van der Waals surface area contributed by atoms with Crippen molar-refractivity contribution in [1.82, 2.24) is 24.6 Å². The Hall–Kier alpha value is -3.45. The Balaban J connectivity index is 1.76. The number of carbonyl (C=O) groups is 1. The third-order valence-corrected chi connectivity index (χ3v) is 4.82. The van der Waals surface area contributed by atoms with Gasteiger partial charge in [-0.1, -0.05) is 41.4 Å². The van der Waals surface area contributed by atoms with Crippen LogP contribution in [0.15, 0.2) is 59.7 Å². The van der Waals surface area contributed by atoms with Crippen LogP contribution in [-0.4, -0.2) is 25.2 Å². The minimum atomic E-state index is -0.398. The minimum absolute atomic E-state index is 0.0975. The first-order chi connectivity index (χ1) is 13.9. The quantitative estimate of drug-likeness (QED) is 0.563. The molecule has 0 aliphatic heterocycles. The van der Waals surface area contributed by atoms with Crippen molar-refractivity contribution < 1.29 is 4.79 Å². The van der Waals surface area contributed by atoms with Gasteiger partial charge in [-0.3, -0.25) is 9.59 Å². The number of aromatic nitrogens is 4. The summed E-state index contributed by atoms with van der Waals surface area (Å²) in [5.41, 5.74) is 2.99. The smallest absolute Gasteiger partial charge is 0.279 e. The van der Waals surface area contributed by atoms with Crippen LogP contribution in [-0.2, 0) is 13.6 Å². The molecule has 7 nitrogen and oxygen atoms in total. The Labute approximate surface area is 171 Å². The maximum Gasteiger partial charge on any atom is 0.279 e. The molecule has 2 aromatic heterocycles. The first-order valence-electron chi connectivity index (χ1n) is 8.98. The Morgan fingerprint density at radius 3 is 2.66 bits per heavy atom. The number of hydrogen-bond donors (Lipinski definition) is 1. The maximum atomic E-state index is 12.9. The van der Waals surface area contributed by atoms with Gasteiger partial charge in [-0.25, -0.2) is 9.67 Å². The molecule has 0 bridgehead atoms. The predicted molar refractivity (Wildman–Crippen MR) is 111 cm³/mol. The first kappa shape index (κ1) is 18.9. The Morgan fingerprint density at radius 2 is 1.93 bits per heavy atom. The van der Waals surface area contributed by atoms with Gasteiger partial charge in [0.15, 0.2) is 11.2 Å². The molecular formula is C21H18ClN5O2. The summed E-state index contributed by atoms with van der Waals surface area (Å²) < 4.78 is 2.79. The van der Waals surface area contributed by atoms with E-state index in [1.54, 1.807) is 31.3 Å². The fraction of sp³-hybridized carbons (Fsp3) is 0.143. The molecule has 0 saturated carbocycles. The molecule has 29 heavy (non-hydrogen) atoms. The van der Waals surface area contributed by atoms with Crippen LogP contribution in [0.25, 0.3) is 16.7 Å². The van der Waals surface area contributed by atoms with Crippen molar-refractivity contribution >= 4 is 28.5 Å². The number of fused-ring (bicyclic) bond motifs is 1. The summed E-state index contributed by atoms with van der Waals surface area (Å²) in [6.07, 6.45) is 1.38. The molecule has 4 aromatic rings. The number of amides is 1. The number of aryl methyl sites for hydroxylation is 2. The van der Waals surface area contributed by atoms with Gasteiger partial charge < -0.3 is 9.88 Å². The van der Waals surface area contributed by atoms with Gasteiger partial charge in [-0.2, -0.15) is 5.10 Å². The summed E-state index contributed by atoms with van der Waals surface area (Å²) in [6, 6.07) is 14.7. The Morgan fingerprint density at radius 1 is 1.17 bits per heavy atom. The van der Waals surface area contributed by atoms with Crippen molar-refractivity contribution in [1.29, 1.82) is 0 Å². The number of benzene rings is 2. The molecule has 1 N–H and O–H groups in total. The van der Waals surface area contributed by atoms with Crippen LogP contribution >= 0.6 is 11.6 Å². The summed E-state index contributed by atoms with van der Waals surface area (Å²) in [5, 5.41) is 7.83. The molecule has 0 aliphatic carbocycles.